The van der Waals surface area contributed by atoms with E-state index in [4.69, 9.17) is 9.47 Å². The van der Waals surface area contributed by atoms with E-state index in [0.717, 1.165) is 11.1 Å². The van der Waals surface area contributed by atoms with Gasteiger partial charge >= 0.3 is 0 Å². The van der Waals surface area contributed by atoms with Crippen LogP contribution >= 0.6 is 0 Å². The number of benzene rings is 2. The fraction of sp³-hybridized carbons (Fsp3) is 0.417. The number of hydrogen-bond donors (Lipinski definition) is 1. The highest BCUT2D eigenvalue weighted by Crippen LogP contribution is 2.32. The molecule has 0 spiro atoms. The van der Waals surface area contributed by atoms with Crippen LogP contribution < -0.4 is 14.8 Å². The molecule has 2 aromatic rings. The minimum absolute atomic E-state index is 0.0171. The molecular formula is C24H30N2O4. The third-order valence-electron chi connectivity index (χ3n) is 5.86. The van der Waals surface area contributed by atoms with Gasteiger partial charge in [-0.25, -0.2) is 0 Å². The van der Waals surface area contributed by atoms with Gasteiger partial charge in [0.15, 0.2) is 11.5 Å². The van der Waals surface area contributed by atoms with E-state index in [9.17, 15) is 9.59 Å². The summed E-state index contributed by atoms with van der Waals surface area (Å²) in [6, 6.07) is 13.8. The summed E-state index contributed by atoms with van der Waals surface area (Å²) in [5.41, 5.74) is 2.41. The van der Waals surface area contributed by atoms with Gasteiger partial charge in [0.25, 0.3) is 0 Å². The number of ether oxygens (including phenoxy) is 2. The summed E-state index contributed by atoms with van der Waals surface area (Å²) in [6.45, 7) is 4.82. The summed E-state index contributed by atoms with van der Waals surface area (Å²) >= 11 is 0. The molecule has 1 aliphatic heterocycles. The molecule has 0 aliphatic carbocycles. The molecule has 1 heterocycles. The quantitative estimate of drug-likeness (QED) is 0.725. The van der Waals surface area contributed by atoms with E-state index >= 15 is 0 Å². The average Bonchev–Trinajstić information content (AvgIpc) is 3.06. The number of nitrogens with one attached hydrogen (secondary N) is 1. The standard InChI is InChI=1S/C24H30N2O4/c1-17-5-7-19(8-6-17)16-25-23(28)24(2)13-11-22(27)26(24)14-12-18-9-10-20(29-3)21(15-18)30-4/h5-10,15H,11-14,16H2,1-4H3,(H,25,28). The van der Waals surface area contributed by atoms with Crippen LogP contribution in [0.25, 0.3) is 0 Å². The fourth-order valence-electron chi connectivity index (χ4n) is 3.86. The highest BCUT2D eigenvalue weighted by atomic mass is 16.5. The SMILES string of the molecule is COc1ccc(CCN2C(=O)CCC2(C)C(=O)NCc2ccc(C)cc2)cc1OC. The molecule has 160 valence electrons. The van der Waals surface area contributed by atoms with E-state index in [0.29, 0.717) is 43.9 Å². The van der Waals surface area contributed by atoms with Crippen molar-refractivity contribution in [3.63, 3.8) is 0 Å². The van der Waals surface area contributed by atoms with Gasteiger partial charge in [0.05, 0.1) is 14.2 Å². The molecule has 1 fully saturated rings. The van der Waals surface area contributed by atoms with Crippen LogP contribution in [0.4, 0.5) is 0 Å². The first kappa shape index (κ1) is 21.7. The number of methoxy groups -OCH3 is 2. The molecule has 3 rings (SSSR count). The van der Waals surface area contributed by atoms with Crippen molar-refractivity contribution in [2.75, 3.05) is 20.8 Å². The summed E-state index contributed by atoms with van der Waals surface area (Å²) < 4.78 is 10.6. The lowest BCUT2D eigenvalue weighted by molar-refractivity contribution is -0.140. The van der Waals surface area contributed by atoms with Gasteiger partial charge in [0, 0.05) is 19.5 Å². The van der Waals surface area contributed by atoms with Gasteiger partial charge in [-0.05, 0) is 49.9 Å². The minimum Gasteiger partial charge on any atom is -0.493 e. The van der Waals surface area contributed by atoms with E-state index < -0.39 is 5.54 Å². The Bertz CT molecular complexity index is 910. The van der Waals surface area contributed by atoms with Crippen LogP contribution in [0, 0.1) is 6.92 Å². The summed E-state index contributed by atoms with van der Waals surface area (Å²) in [6.07, 6.45) is 1.55. The highest BCUT2D eigenvalue weighted by molar-refractivity contribution is 5.94. The summed E-state index contributed by atoms with van der Waals surface area (Å²) in [5.74, 6) is 1.23. The smallest absolute Gasteiger partial charge is 0.245 e. The van der Waals surface area contributed by atoms with Gasteiger partial charge in [-0.1, -0.05) is 35.9 Å². The largest absolute Gasteiger partial charge is 0.493 e. The number of carbonyl (C=O) groups is 2. The van der Waals surface area contributed by atoms with Gasteiger partial charge in [-0.2, -0.15) is 0 Å². The zero-order valence-corrected chi connectivity index (χ0v) is 18.2. The molecule has 2 aromatic carbocycles. The molecule has 1 N–H and O–H groups in total. The predicted octanol–water partition coefficient (Wildman–Crippen LogP) is 3.25. The summed E-state index contributed by atoms with van der Waals surface area (Å²) in [4.78, 5) is 27.3. The maximum absolute atomic E-state index is 13.0. The fourth-order valence-corrected chi connectivity index (χ4v) is 3.86. The zero-order valence-electron chi connectivity index (χ0n) is 18.2. The van der Waals surface area contributed by atoms with Gasteiger partial charge in [0.2, 0.25) is 11.8 Å². The van der Waals surface area contributed by atoms with Crippen molar-refractivity contribution in [2.24, 2.45) is 0 Å². The van der Waals surface area contributed by atoms with E-state index in [1.54, 1.807) is 19.1 Å². The second kappa shape index (κ2) is 9.20. The molecular weight excluding hydrogens is 380 g/mol. The van der Waals surface area contributed by atoms with Crippen molar-refractivity contribution >= 4 is 11.8 Å². The number of aryl methyl sites for hydroxylation is 1. The lowest BCUT2D eigenvalue weighted by Crippen LogP contribution is -2.54. The molecule has 1 aliphatic rings. The first-order valence-electron chi connectivity index (χ1n) is 10.2. The van der Waals surface area contributed by atoms with Crippen molar-refractivity contribution in [1.29, 1.82) is 0 Å². The Morgan fingerprint density at radius 2 is 1.73 bits per heavy atom. The Hall–Kier alpha value is -3.02. The molecule has 0 aromatic heterocycles. The van der Waals surface area contributed by atoms with Crippen molar-refractivity contribution in [2.45, 2.75) is 45.2 Å². The van der Waals surface area contributed by atoms with Crippen molar-refractivity contribution in [3.8, 4) is 11.5 Å². The third-order valence-corrected chi connectivity index (χ3v) is 5.86. The number of amides is 2. The minimum atomic E-state index is -0.835. The third kappa shape index (κ3) is 4.58. The number of nitrogens with zero attached hydrogens (tertiary/aromatic N) is 1. The number of carbonyl (C=O) groups excluding carboxylic acids is 2. The van der Waals surface area contributed by atoms with Crippen LogP contribution in [0.2, 0.25) is 0 Å². The van der Waals surface area contributed by atoms with Crippen LogP contribution in [0.1, 0.15) is 36.5 Å². The van der Waals surface area contributed by atoms with Crippen molar-refractivity contribution in [3.05, 3.63) is 59.2 Å². The molecule has 1 saturated heterocycles. The molecule has 30 heavy (non-hydrogen) atoms. The van der Waals surface area contributed by atoms with Gasteiger partial charge < -0.3 is 19.7 Å². The average molecular weight is 411 g/mol. The normalized spacial score (nSPS) is 18.4. The Kier molecular flexibility index (Phi) is 6.65. The van der Waals surface area contributed by atoms with Crippen LogP contribution in [-0.2, 0) is 22.6 Å². The van der Waals surface area contributed by atoms with Crippen LogP contribution in [0.15, 0.2) is 42.5 Å². The summed E-state index contributed by atoms with van der Waals surface area (Å²) in [7, 11) is 3.20. The van der Waals surface area contributed by atoms with Crippen LogP contribution in [0.5, 0.6) is 11.5 Å². The predicted molar refractivity (Wildman–Crippen MR) is 116 cm³/mol. The highest BCUT2D eigenvalue weighted by Gasteiger charge is 2.46. The first-order chi connectivity index (χ1) is 14.4. The molecule has 0 radical (unpaired) electrons. The second-order valence-electron chi connectivity index (χ2n) is 7.93. The summed E-state index contributed by atoms with van der Waals surface area (Å²) in [5, 5.41) is 3.01. The molecule has 1 unspecified atom stereocenters. The van der Waals surface area contributed by atoms with E-state index in [2.05, 4.69) is 5.32 Å². The van der Waals surface area contributed by atoms with Crippen LogP contribution in [0.3, 0.4) is 0 Å². The molecule has 6 nitrogen and oxygen atoms in total. The lowest BCUT2D eigenvalue weighted by Gasteiger charge is -2.34. The van der Waals surface area contributed by atoms with Gasteiger partial charge in [-0.15, -0.1) is 0 Å². The lowest BCUT2D eigenvalue weighted by atomic mass is 9.97. The Morgan fingerprint density at radius 1 is 1.07 bits per heavy atom. The molecule has 0 saturated carbocycles. The number of rotatable bonds is 8. The molecule has 2 amide bonds. The van der Waals surface area contributed by atoms with Gasteiger partial charge in [0.1, 0.15) is 5.54 Å². The molecule has 1 atom stereocenters. The maximum atomic E-state index is 13.0. The Balaban J connectivity index is 1.66. The van der Waals surface area contributed by atoms with E-state index in [1.165, 1.54) is 5.56 Å². The first-order valence-corrected chi connectivity index (χ1v) is 10.2. The molecule has 6 heteroatoms. The number of hydrogen-bond acceptors (Lipinski definition) is 4. The Morgan fingerprint density at radius 3 is 2.40 bits per heavy atom. The Labute approximate surface area is 178 Å². The van der Waals surface area contributed by atoms with Gasteiger partial charge in [-0.3, -0.25) is 9.59 Å². The monoisotopic (exact) mass is 410 g/mol. The number of likely N-dealkylation sites (tertiary alicyclic amines) is 1. The maximum Gasteiger partial charge on any atom is 0.245 e. The molecule has 0 bridgehead atoms. The zero-order chi connectivity index (χ0) is 21.7. The van der Waals surface area contributed by atoms with E-state index in [-0.39, 0.29) is 11.8 Å². The van der Waals surface area contributed by atoms with Crippen molar-refractivity contribution < 1.29 is 19.1 Å². The van der Waals surface area contributed by atoms with Crippen molar-refractivity contribution in [1.82, 2.24) is 10.2 Å². The topological polar surface area (TPSA) is 67.9 Å². The van der Waals surface area contributed by atoms with E-state index in [1.807, 2.05) is 56.3 Å². The second-order valence-corrected chi connectivity index (χ2v) is 7.93. The van der Waals surface area contributed by atoms with Crippen LogP contribution in [-0.4, -0.2) is 43.0 Å².